The van der Waals surface area contributed by atoms with E-state index in [1.54, 1.807) is 26.0 Å². The van der Waals surface area contributed by atoms with E-state index < -0.39 is 23.3 Å². The number of nitrogens with zero attached hydrogens (tertiary/aromatic N) is 1. The predicted molar refractivity (Wildman–Crippen MR) is 109 cm³/mol. The minimum absolute atomic E-state index is 0.0385. The van der Waals surface area contributed by atoms with E-state index in [0.29, 0.717) is 17.3 Å². The maximum absolute atomic E-state index is 13.0. The maximum Gasteiger partial charge on any atom is 0.266 e. The van der Waals surface area contributed by atoms with E-state index in [2.05, 4.69) is 10.5 Å². The summed E-state index contributed by atoms with van der Waals surface area (Å²) in [6, 6.07) is 11.4. The number of hydrogen-bond donors (Lipinski definition) is 1. The highest BCUT2D eigenvalue weighted by atomic mass is 19.1. The molecule has 4 aromatic rings. The van der Waals surface area contributed by atoms with Gasteiger partial charge in [0.15, 0.2) is 11.9 Å². The van der Waals surface area contributed by atoms with Crippen LogP contribution >= 0.6 is 0 Å². The summed E-state index contributed by atoms with van der Waals surface area (Å²) in [6.45, 7) is 3.28. The third kappa shape index (κ3) is 4.55. The molecule has 0 aliphatic carbocycles. The Morgan fingerprint density at radius 3 is 2.58 bits per heavy atom. The number of amides is 1. The number of nitrogens with one attached hydrogen (secondary N) is 1. The van der Waals surface area contributed by atoms with Crippen molar-refractivity contribution in [2.45, 2.75) is 20.0 Å². The largest absolute Gasteiger partial charge is 0.481 e. The van der Waals surface area contributed by atoms with E-state index in [1.807, 2.05) is 0 Å². The molecule has 0 aliphatic rings. The second-order valence-electron chi connectivity index (χ2n) is 6.72. The zero-order valence-corrected chi connectivity index (χ0v) is 16.5. The van der Waals surface area contributed by atoms with Crippen LogP contribution in [0.2, 0.25) is 0 Å². The van der Waals surface area contributed by atoms with Gasteiger partial charge in [-0.1, -0.05) is 5.16 Å². The normalized spacial score (nSPS) is 11.8. The van der Waals surface area contributed by atoms with Crippen molar-refractivity contribution >= 4 is 22.7 Å². The molecule has 9 heteroatoms. The topological polar surface area (TPSA) is 104 Å². The van der Waals surface area contributed by atoms with Gasteiger partial charge in [-0.25, -0.2) is 4.39 Å². The lowest BCUT2D eigenvalue weighted by Crippen LogP contribution is -2.30. The summed E-state index contributed by atoms with van der Waals surface area (Å²) in [6.07, 6.45) is 0.322. The molecule has 2 aromatic heterocycles. The Hall–Kier alpha value is -4.14. The van der Waals surface area contributed by atoms with E-state index in [-0.39, 0.29) is 22.5 Å². The molecule has 8 nitrogen and oxygen atoms in total. The number of benzene rings is 2. The summed E-state index contributed by atoms with van der Waals surface area (Å²) in [5.41, 5.74) is -0.141. The van der Waals surface area contributed by atoms with E-state index >= 15 is 0 Å². The van der Waals surface area contributed by atoms with Crippen LogP contribution in [0.25, 0.3) is 11.0 Å². The van der Waals surface area contributed by atoms with Crippen LogP contribution in [0, 0.1) is 12.7 Å². The number of fused-ring (bicyclic) bond motifs is 1. The van der Waals surface area contributed by atoms with E-state index in [0.717, 1.165) is 0 Å². The smallest absolute Gasteiger partial charge is 0.266 e. The Bertz CT molecular complexity index is 1300. The minimum atomic E-state index is -0.845. The average Bonchev–Trinajstić information content (AvgIpc) is 3.16. The van der Waals surface area contributed by atoms with Crippen LogP contribution in [0.15, 0.2) is 68.5 Å². The number of carbonyl (C=O) groups is 1. The van der Waals surface area contributed by atoms with Gasteiger partial charge in [0, 0.05) is 12.1 Å². The monoisotopic (exact) mass is 424 g/mol. The summed E-state index contributed by atoms with van der Waals surface area (Å²) in [5, 5.41) is 6.54. The van der Waals surface area contributed by atoms with Gasteiger partial charge in [-0.15, -0.1) is 0 Å². The maximum atomic E-state index is 13.0. The van der Waals surface area contributed by atoms with Gasteiger partial charge in [-0.05, 0) is 50.2 Å². The molecule has 0 fully saturated rings. The van der Waals surface area contributed by atoms with Gasteiger partial charge in [0.05, 0.1) is 5.39 Å². The van der Waals surface area contributed by atoms with Gasteiger partial charge < -0.3 is 23.7 Å². The Morgan fingerprint density at radius 1 is 1.13 bits per heavy atom. The molecule has 158 valence electrons. The minimum Gasteiger partial charge on any atom is -0.481 e. The lowest BCUT2D eigenvalue weighted by molar-refractivity contribution is -0.122. The molecule has 4 rings (SSSR count). The highest BCUT2D eigenvalue weighted by Crippen LogP contribution is 2.25. The first-order valence-corrected chi connectivity index (χ1v) is 9.29. The molecular formula is C22H17FN2O6. The molecule has 1 N–H and O–H groups in total. The van der Waals surface area contributed by atoms with Crippen LogP contribution < -0.4 is 20.2 Å². The van der Waals surface area contributed by atoms with Crippen LogP contribution in [-0.2, 0) is 4.79 Å². The van der Waals surface area contributed by atoms with Crippen molar-refractivity contribution in [3.05, 3.63) is 76.6 Å². The van der Waals surface area contributed by atoms with Gasteiger partial charge in [0.25, 0.3) is 5.91 Å². The quantitative estimate of drug-likeness (QED) is 0.488. The second-order valence-corrected chi connectivity index (χ2v) is 6.72. The Labute approximate surface area is 175 Å². The van der Waals surface area contributed by atoms with Crippen molar-refractivity contribution in [2.24, 2.45) is 0 Å². The SMILES string of the molecule is Cc1cc(NC(=O)[C@H](C)Oc2ccc3c(=O)c(Oc4ccc(F)cc4)coc3c2)no1. The number of ether oxygens (including phenoxy) is 2. The molecule has 1 amide bonds. The average molecular weight is 424 g/mol. The molecule has 0 bridgehead atoms. The van der Waals surface area contributed by atoms with Gasteiger partial charge in [-0.2, -0.15) is 0 Å². The molecule has 0 saturated carbocycles. The fourth-order valence-corrected chi connectivity index (χ4v) is 2.78. The first kappa shape index (κ1) is 20.1. The molecule has 31 heavy (non-hydrogen) atoms. The summed E-state index contributed by atoms with van der Waals surface area (Å²) in [4.78, 5) is 24.9. The molecule has 0 spiro atoms. The van der Waals surface area contributed by atoms with Gasteiger partial charge in [-0.3, -0.25) is 9.59 Å². The van der Waals surface area contributed by atoms with Crippen molar-refractivity contribution in [1.29, 1.82) is 0 Å². The van der Waals surface area contributed by atoms with Crippen LogP contribution in [0.4, 0.5) is 10.2 Å². The van der Waals surface area contributed by atoms with Crippen LogP contribution in [0.3, 0.4) is 0 Å². The van der Waals surface area contributed by atoms with Crippen molar-refractivity contribution in [3.63, 3.8) is 0 Å². The first-order valence-electron chi connectivity index (χ1n) is 9.29. The van der Waals surface area contributed by atoms with Crippen LogP contribution in [0.5, 0.6) is 17.2 Å². The Morgan fingerprint density at radius 2 is 1.87 bits per heavy atom. The van der Waals surface area contributed by atoms with Crippen molar-refractivity contribution in [1.82, 2.24) is 5.16 Å². The third-order valence-electron chi connectivity index (χ3n) is 4.32. The molecule has 1 atom stereocenters. The number of rotatable bonds is 6. The van der Waals surface area contributed by atoms with Crippen LogP contribution in [0.1, 0.15) is 12.7 Å². The fourth-order valence-electron chi connectivity index (χ4n) is 2.78. The first-order chi connectivity index (χ1) is 14.9. The Balaban J connectivity index is 1.49. The lowest BCUT2D eigenvalue weighted by atomic mass is 10.2. The molecular weight excluding hydrogens is 407 g/mol. The number of halogens is 1. The van der Waals surface area contributed by atoms with E-state index in [4.69, 9.17) is 18.4 Å². The van der Waals surface area contributed by atoms with Gasteiger partial charge >= 0.3 is 0 Å². The lowest BCUT2D eigenvalue weighted by Gasteiger charge is -2.14. The molecule has 2 aromatic carbocycles. The predicted octanol–water partition coefficient (Wildman–Crippen LogP) is 4.43. The number of aryl methyl sites for hydroxylation is 1. The second kappa shape index (κ2) is 8.31. The summed E-state index contributed by atoms with van der Waals surface area (Å²) in [5.74, 6) is 0.620. The Kier molecular flexibility index (Phi) is 5.40. The zero-order chi connectivity index (χ0) is 22.0. The number of hydrogen-bond acceptors (Lipinski definition) is 7. The number of aromatic nitrogens is 1. The standard InChI is InChI=1S/C22H17FN2O6/c1-12-9-20(25-31-12)24-22(27)13(2)29-16-7-8-17-18(10-16)28-11-19(21(17)26)30-15-5-3-14(23)4-6-15/h3-11,13H,1-2H3,(H,24,25,27)/t13-/m0/s1. The molecule has 0 aliphatic heterocycles. The molecule has 2 heterocycles. The molecule has 0 radical (unpaired) electrons. The number of carbonyl (C=O) groups excluding carboxylic acids is 1. The van der Waals surface area contributed by atoms with E-state index in [1.165, 1.54) is 42.7 Å². The zero-order valence-electron chi connectivity index (χ0n) is 16.5. The number of anilines is 1. The van der Waals surface area contributed by atoms with Gasteiger partial charge in [0.2, 0.25) is 11.2 Å². The van der Waals surface area contributed by atoms with Crippen molar-refractivity contribution in [3.8, 4) is 17.2 Å². The van der Waals surface area contributed by atoms with Crippen molar-refractivity contribution in [2.75, 3.05) is 5.32 Å². The highest BCUT2D eigenvalue weighted by molar-refractivity contribution is 5.93. The molecule has 0 saturated heterocycles. The highest BCUT2D eigenvalue weighted by Gasteiger charge is 2.17. The van der Waals surface area contributed by atoms with Crippen molar-refractivity contribution < 1.29 is 27.6 Å². The fraction of sp³-hybridized carbons (Fsp3) is 0.136. The summed E-state index contributed by atoms with van der Waals surface area (Å²) in [7, 11) is 0. The van der Waals surface area contributed by atoms with Gasteiger partial charge in [0.1, 0.15) is 34.9 Å². The van der Waals surface area contributed by atoms with Crippen LogP contribution in [-0.4, -0.2) is 17.2 Å². The third-order valence-corrected chi connectivity index (χ3v) is 4.32. The van der Waals surface area contributed by atoms with E-state index in [9.17, 15) is 14.0 Å². The summed E-state index contributed by atoms with van der Waals surface area (Å²) >= 11 is 0. The summed E-state index contributed by atoms with van der Waals surface area (Å²) < 4.78 is 34.5. The molecule has 0 unspecified atom stereocenters.